The van der Waals surface area contributed by atoms with Crippen LogP contribution in [0.5, 0.6) is 0 Å². The lowest BCUT2D eigenvalue weighted by Gasteiger charge is -2.43. The molecule has 9 nitrogen and oxygen atoms in total. The Labute approximate surface area is 282 Å². The van der Waals surface area contributed by atoms with E-state index in [1.165, 1.54) is 5.57 Å². The van der Waals surface area contributed by atoms with Crippen LogP contribution in [0.2, 0.25) is 0 Å². The van der Waals surface area contributed by atoms with Crippen molar-refractivity contribution in [2.24, 2.45) is 5.92 Å². The molecule has 0 spiro atoms. The molecule has 0 aromatic rings. The van der Waals surface area contributed by atoms with E-state index in [9.17, 15) is 19.5 Å². The summed E-state index contributed by atoms with van der Waals surface area (Å²) in [6, 6.07) is -0.674. The van der Waals surface area contributed by atoms with Gasteiger partial charge in [-0.3, -0.25) is 19.3 Å². The number of ketones is 1. The number of unbranched alkanes of at least 4 members (excludes halogenated alkanes) is 3. The molecular weight excluding hydrogens is 592 g/mol. The molecule has 0 saturated carbocycles. The third kappa shape index (κ3) is 11.0. The molecule has 260 valence electrons. The summed E-state index contributed by atoms with van der Waals surface area (Å²) >= 11 is 0. The Morgan fingerprint density at radius 3 is 2.62 bits per heavy atom. The van der Waals surface area contributed by atoms with Gasteiger partial charge in [0.05, 0.1) is 18.2 Å². The fourth-order valence-corrected chi connectivity index (χ4v) is 7.30. The van der Waals surface area contributed by atoms with Gasteiger partial charge in [0.25, 0.3) is 0 Å². The van der Waals surface area contributed by atoms with Gasteiger partial charge in [0.15, 0.2) is 0 Å². The zero-order chi connectivity index (χ0) is 33.6. The second-order valence-corrected chi connectivity index (χ2v) is 13.5. The van der Waals surface area contributed by atoms with Crippen LogP contribution in [0.4, 0.5) is 0 Å². The predicted octanol–water partition coefficient (Wildman–Crippen LogP) is 4.75. The van der Waals surface area contributed by atoms with E-state index < -0.39 is 6.10 Å². The largest absolute Gasteiger partial charge is 0.493 e. The number of Topliss-reactive ketones (excluding diaryl/α,β-unsaturated/α-hetero) is 1. The van der Waals surface area contributed by atoms with Crippen LogP contribution in [0.3, 0.4) is 0 Å². The molecule has 4 rings (SSSR count). The minimum atomic E-state index is -0.751. The van der Waals surface area contributed by atoms with Gasteiger partial charge in [0, 0.05) is 58.0 Å². The number of ether oxygens (including phenoxy) is 1. The monoisotopic (exact) mass is 650 g/mol. The summed E-state index contributed by atoms with van der Waals surface area (Å²) in [6.45, 7) is 7.51. The summed E-state index contributed by atoms with van der Waals surface area (Å²) in [5, 5.41) is 16.9. The lowest BCUT2D eigenvalue weighted by Crippen LogP contribution is -2.59. The summed E-state index contributed by atoms with van der Waals surface area (Å²) in [4.78, 5) is 43.1. The number of amides is 2. The Morgan fingerprint density at radius 2 is 1.91 bits per heavy atom. The molecule has 0 aromatic heterocycles. The van der Waals surface area contributed by atoms with Crippen LogP contribution >= 0.6 is 0 Å². The van der Waals surface area contributed by atoms with E-state index in [0.717, 1.165) is 75.8 Å². The molecular formula is C38H58N4O5. The number of hydrogen-bond acceptors (Lipinski definition) is 7. The molecule has 47 heavy (non-hydrogen) atoms. The van der Waals surface area contributed by atoms with Crippen LogP contribution in [-0.4, -0.2) is 96.6 Å². The van der Waals surface area contributed by atoms with Gasteiger partial charge in [0.2, 0.25) is 11.8 Å². The van der Waals surface area contributed by atoms with Gasteiger partial charge in [-0.2, -0.15) is 0 Å². The number of allylic oxidation sites excluding steroid dienone is 7. The molecule has 1 fully saturated rings. The fraction of sp³-hybridized carbons (Fsp3) is 0.658. The Bertz CT molecular complexity index is 1190. The highest BCUT2D eigenvalue weighted by atomic mass is 16.5. The zero-order valence-electron chi connectivity index (χ0n) is 28.9. The molecule has 5 unspecified atom stereocenters. The van der Waals surface area contributed by atoms with Crippen molar-refractivity contribution in [3.05, 3.63) is 59.4 Å². The average molecular weight is 651 g/mol. The first kappa shape index (κ1) is 36.8. The topological polar surface area (TPSA) is 111 Å². The number of aliphatic hydroxyl groups is 1. The lowest BCUT2D eigenvalue weighted by atomic mass is 9.86. The number of aliphatic hydroxyl groups excluding tert-OH is 1. The van der Waals surface area contributed by atoms with Crippen molar-refractivity contribution < 1.29 is 24.2 Å². The van der Waals surface area contributed by atoms with E-state index >= 15 is 0 Å². The normalized spacial score (nSPS) is 23.8. The first-order valence-corrected chi connectivity index (χ1v) is 18.0. The first-order chi connectivity index (χ1) is 22.8. The number of likely N-dealkylation sites (N-methyl/N-ethyl adjacent to an activating group) is 1. The SMILES string of the molecule is CCCCCCC(NC(C)CC1C(=O)N(CCC2=CCC(=O)CC2O)CCN1CCC(C1=CC=CCC1)C1=CC=CCO1)C(=O)NC. The Kier molecular flexibility index (Phi) is 15.0. The second kappa shape index (κ2) is 19.1. The van der Waals surface area contributed by atoms with Crippen molar-refractivity contribution in [1.82, 2.24) is 20.4 Å². The second-order valence-electron chi connectivity index (χ2n) is 13.5. The molecule has 0 aromatic carbocycles. The molecule has 1 saturated heterocycles. The van der Waals surface area contributed by atoms with Crippen LogP contribution < -0.4 is 10.6 Å². The maximum absolute atomic E-state index is 14.2. The van der Waals surface area contributed by atoms with Crippen molar-refractivity contribution in [3.63, 3.8) is 0 Å². The van der Waals surface area contributed by atoms with Crippen LogP contribution in [0, 0.1) is 5.92 Å². The van der Waals surface area contributed by atoms with E-state index in [4.69, 9.17) is 4.74 Å². The van der Waals surface area contributed by atoms with E-state index in [-0.39, 0.29) is 48.1 Å². The lowest BCUT2D eigenvalue weighted by molar-refractivity contribution is -0.142. The molecule has 9 heteroatoms. The highest BCUT2D eigenvalue weighted by Gasteiger charge is 2.37. The van der Waals surface area contributed by atoms with E-state index in [0.29, 0.717) is 39.0 Å². The third-order valence-corrected chi connectivity index (χ3v) is 10.1. The molecule has 2 heterocycles. The maximum atomic E-state index is 14.2. The number of carbonyl (C=O) groups excluding carboxylic acids is 3. The minimum Gasteiger partial charge on any atom is -0.493 e. The standard InChI is InChI=1S/C38H58N4O5/c1-4-5-6-10-15-33(37(45)39-3)40-28(2)26-34-38(46)42(21-19-30-17-18-31(43)27-35(30)44)24-23-41(34)22-20-32(29-13-8-7-9-14-29)36-16-11-12-25-47-36/h7-8,11-13,16-17,28,32-35,40,44H,4-6,9-10,14-15,18-27H2,1-3H3,(H,39,45). The quantitative estimate of drug-likeness (QED) is 0.145. The van der Waals surface area contributed by atoms with Crippen molar-refractivity contribution in [3.8, 4) is 0 Å². The van der Waals surface area contributed by atoms with Gasteiger partial charge in [-0.1, -0.05) is 68.6 Å². The fourth-order valence-electron chi connectivity index (χ4n) is 7.30. The number of piperazine rings is 1. The zero-order valence-corrected chi connectivity index (χ0v) is 28.9. The number of nitrogens with one attached hydrogen (secondary N) is 2. The number of hydrogen-bond donors (Lipinski definition) is 3. The summed E-state index contributed by atoms with van der Waals surface area (Å²) in [5.41, 5.74) is 2.23. The third-order valence-electron chi connectivity index (χ3n) is 10.1. The van der Waals surface area contributed by atoms with E-state index in [1.807, 2.05) is 17.1 Å². The summed E-state index contributed by atoms with van der Waals surface area (Å²) in [5.74, 6) is 1.31. The predicted molar refractivity (Wildman–Crippen MR) is 186 cm³/mol. The molecule has 2 amide bonds. The van der Waals surface area contributed by atoms with Gasteiger partial charge in [-0.15, -0.1) is 0 Å². The number of nitrogens with zero attached hydrogens (tertiary/aromatic N) is 2. The smallest absolute Gasteiger partial charge is 0.240 e. The molecule has 4 aliphatic rings. The molecule has 3 N–H and O–H groups in total. The molecule has 0 bridgehead atoms. The van der Waals surface area contributed by atoms with Gasteiger partial charge in [-0.25, -0.2) is 0 Å². The van der Waals surface area contributed by atoms with Gasteiger partial charge >= 0.3 is 0 Å². The van der Waals surface area contributed by atoms with Crippen molar-refractivity contribution >= 4 is 17.6 Å². The van der Waals surface area contributed by atoms with Crippen molar-refractivity contribution in [2.45, 2.75) is 115 Å². The Hall–Kier alpha value is -3.01. The Balaban J connectivity index is 1.47. The summed E-state index contributed by atoms with van der Waals surface area (Å²) in [6.07, 6.45) is 23.6. The van der Waals surface area contributed by atoms with Gasteiger partial charge in [-0.05, 0) is 63.2 Å². The summed E-state index contributed by atoms with van der Waals surface area (Å²) < 4.78 is 6.11. The molecule has 2 aliphatic carbocycles. The Morgan fingerprint density at radius 1 is 1.09 bits per heavy atom. The highest BCUT2D eigenvalue weighted by molar-refractivity contribution is 5.83. The van der Waals surface area contributed by atoms with Crippen LogP contribution in [0.1, 0.15) is 90.9 Å². The number of carbonyl (C=O) groups is 3. The van der Waals surface area contributed by atoms with Gasteiger partial charge in [0.1, 0.15) is 18.1 Å². The van der Waals surface area contributed by atoms with Crippen molar-refractivity contribution in [2.75, 3.05) is 39.8 Å². The minimum absolute atomic E-state index is 0.00736. The van der Waals surface area contributed by atoms with Crippen LogP contribution in [-0.2, 0) is 19.1 Å². The van der Waals surface area contributed by atoms with Gasteiger partial charge < -0.3 is 25.4 Å². The highest BCUT2D eigenvalue weighted by Crippen LogP contribution is 2.32. The van der Waals surface area contributed by atoms with Crippen LogP contribution in [0.25, 0.3) is 0 Å². The first-order valence-electron chi connectivity index (χ1n) is 18.0. The number of rotatable bonds is 18. The van der Waals surface area contributed by atoms with E-state index in [2.05, 4.69) is 59.8 Å². The molecule has 2 aliphatic heterocycles. The van der Waals surface area contributed by atoms with Crippen LogP contribution in [0.15, 0.2) is 59.4 Å². The molecule has 0 radical (unpaired) electrons. The van der Waals surface area contributed by atoms with E-state index in [1.54, 1.807) is 7.05 Å². The summed E-state index contributed by atoms with van der Waals surface area (Å²) in [7, 11) is 1.68. The maximum Gasteiger partial charge on any atom is 0.240 e. The molecule has 5 atom stereocenters. The van der Waals surface area contributed by atoms with Crippen molar-refractivity contribution in [1.29, 1.82) is 0 Å². The average Bonchev–Trinajstić information content (AvgIpc) is 3.08.